The zero-order chi connectivity index (χ0) is 21.0. The monoisotopic (exact) mass is 469 g/mol. The van der Waals surface area contributed by atoms with Crippen molar-refractivity contribution in [3.05, 3.63) is 72.2 Å². The average Bonchev–Trinajstić information content (AvgIpc) is 2.80. The van der Waals surface area contributed by atoms with Crippen LogP contribution in [0.15, 0.2) is 72.2 Å². The quantitative estimate of drug-likeness (QED) is 0.450. The number of nitrogens with one attached hydrogen (secondary N) is 2. The van der Waals surface area contributed by atoms with Crippen molar-refractivity contribution in [1.29, 1.82) is 0 Å². The largest absolute Gasteiger partial charge is 2.00 e. The maximum absolute atomic E-state index is 11.4. The van der Waals surface area contributed by atoms with Crippen LogP contribution in [0.3, 0.4) is 0 Å². The van der Waals surface area contributed by atoms with Gasteiger partial charge in [-0.15, -0.1) is 0 Å². The first kappa shape index (κ1) is 25.2. The Bertz CT molecular complexity index is 711. The van der Waals surface area contributed by atoms with Crippen LogP contribution in [-0.2, 0) is 26.7 Å². The fraction of sp³-hybridized carbons (Fsp3) is 0.462. The number of ketones is 2. The molecule has 0 aromatic heterocycles. The van der Waals surface area contributed by atoms with E-state index in [9.17, 15) is 9.59 Å². The minimum Gasteiger partial charge on any atom is -0.388 e. The summed E-state index contributed by atoms with van der Waals surface area (Å²) in [4.78, 5) is 22.8. The normalized spacial score (nSPS) is 24.0. The van der Waals surface area contributed by atoms with Gasteiger partial charge in [0, 0.05) is 35.6 Å². The molecule has 0 amide bonds. The van der Waals surface area contributed by atoms with E-state index in [1.165, 1.54) is 64.2 Å². The van der Waals surface area contributed by atoms with Crippen LogP contribution in [0.4, 0.5) is 0 Å². The van der Waals surface area contributed by atoms with Crippen LogP contribution in [-0.4, -0.2) is 23.7 Å². The minimum atomic E-state index is 0. The summed E-state index contributed by atoms with van der Waals surface area (Å²) in [7, 11) is 0. The zero-order valence-corrected chi connectivity index (χ0v) is 19.1. The van der Waals surface area contributed by atoms with E-state index in [4.69, 9.17) is 0 Å². The molecule has 4 rings (SSSR count). The first-order valence-corrected chi connectivity index (χ1v) is 11.4. The molecule has 31 heavy (non-hydrogen) atoms. The third kappa shape index (κ3) is 8.88. The van der Waals surface area contributed by atoms with Gasteiger partial charge in [-0.25, -0.2) is 0 Å². The predicted octanol–water partition coefficient (Wildman–Crippen LogP) is 4.97. The molecule has 5 heteroatoms. The second-order valence-electron chi connectivity index (χ2n) is 8.37. The summed E-state index contributed by atoms with van der Waals surface area (Å²) in [6.45, 7) is 0. The number of hydrogen-bond acceptors (Lipinski definition) is 4. The molecule has 0 aromatic carbocycles. The second kappa shape index (κ2) is 14.1. The van der Waals surface area contributed by atoms with Crippen LogP contribution in [0.25, 0.3) is 0 Å². The van der Waals surface area contributed by atoms with Crippen molar-refractivity contribution >= 4 is 11.6 Å². The Morgan fingerprint density at radius 1 is 0.581 bits per heavy atom. The van der Waals surface area contributed by atoms with E-state index < -0.39 is 0 Å². The molecule has 0 saturated heterocycles. The number of carbonyl (C=O) groups excluding carboxylic acids is 2. The molecule has 0 atom stereocenters. The van der Waals surface area contributed by atoms with Gasteiger partial charge in [0.25, 0.3) is 0 Å². The molecule has 4 nitrogen and oxygen atoms in total. The van der Waals surface area contributed by atoms with Crippen molar-refractivity contribution < 1.29 is 26.7 Å². The van der Waals surface area contributed by atoms with E-state index in [1.807, 2.05) is 36.7 Å². The van der Waals surface area contributed by atoms with Gasteiger partial charge >= 0.3 is 17.1 Å². The van der Waals surface area contributed by atoms with Crippen molar-refractivity contribution in [2.75, 3.05) is 0 Å². The van der Waals surface area contributed by atoms with Gasteiger partial charge < -0.3 is 10.6 Å². The van der Waals surface area contributed by atoms with Crippen LogP contribution < -0.4 is 10.6 Å². The van der Waals surface area contributed by atoms with Crippen LogP contribution in [0.5, 0.6) is 0 Å². The van der Waals surface area contributed by atoms with Crippen molar-refractivity contribution in [1.82, 2.24) is 10.6 Å². The SMILES string of the molecule is O=C1C=CC=C/C1=C/NC1CCCCC1.O=C1C=CC=C/C1=C/NC1CCCCC1.[Cu+2]. The standard InChI is InChI=1S/2C13H17NO.Cu/c2*15-13-9-5-4-6-11(13)10-14-12-7-2-1-3-8-12;/h2*4-6,9-10,12,14H,1-3,7-8H2;/q;;+2/b2*11-10-;. The fourth-order valence-corrected chi connectivity index (χ4v) is 4.15. The van der Waals surface area contributed by atoms with Crippen molar-refractivity contribution in [3.8, 4) is 0 Å². The predicted molar refractivity (Wildman–Crippen MR) is 123 cm³/mol. The van der Waals surface area contributed by atoms with E-state index in [1.54, 1.807) is 24.3 Å². The molecule has 169 valence electrons. The first-order valence-electron chi connectivity index (χ1n) is 11.4. The number of allylic oxidation sites excluding steroid dienone is 10. The summed E-state index contributed by atoms with van der Waals surface area (Å²) >= 11 is 0. The Morgan fingerprint density at radius 3 is 1.29 bits per heavy atom. The molecule has 2 fully saturated rings. The Labute approximate surface area is 197 Å². The summed E-state index contributed by atoms with van der Waals surface area (Å²) in [6, 6.07) is 1.14. The number of hydrogen-bond donors (Lipinski definition) is 2. The third-order valence-corrected chi connectivity index (χ3v) is 6.00. The first-order chi connectivity index (χ1) is 14.7. The second-order valence-corrected chi connectivity index (χ2v) is 8.37. The molecule has 4 aliphatic rings. The van der Waals surface area contributed by atoms with E-state index in [0.29, 0.717) is 12.1 Å². The molecule has 4 aliphatic carbocycles. The Balaban J connectivity index is 0.000000213. The Hall–Kier alpha value is -2.10. The Kier molecular flexibility index (Phi) is 11.4. The topological polar surface area (TPSA) is 58.2 Å². The number of carbonyl (C=O) groups is 2. The molecular weight excluding hydrogens is 436 g/mol. The summed E-state index contributed by atoms with van der Waals surface area (Å²) in [5, 5.41) is 6.71. The van der Waals surface area contributed by atoms with E-state index >= 15 is 0 Å². The van der Waals surface area contributed by atoms with Crippen molar-refractivity contribution in [2.45, 2.75) is 76.3 Å². The molecular formula is C26H34CuN2O2+2. The average molecular weight is 470 g/mol. The van der Waals surface area contributed by atoms with Crippen LogP contribution in [0, 0.1) is 0 Å². The molecule has 0 heterocycles. The number of rotatable bonds is 4. The van der Waals surface area contributed by atoms with Crippen molar-refractivity contribution in [3.63, 3.8) is 0 Å². The van der Waals surface area contributed by atoms with Gasteiger partial charge in [0.15, 0.2) is 11.6 Å². The maximum Gasteiger partial charge on any atom is 2.00 e. The van der Waals surface area contributed by atoms with Gasteiger partial charge in [-0.1, -0.05) is 62.8 Å². The summed E-state index contributed by atoms with van der Waals surface area (Å²) in [5.41, 5.74) is 1.53. The van der Waals surface area contributed by atoms with Gasteiger partial charge in [-0.05, 0) is 50.0 Å². The van der Waals surface area contributed by atoms with Crippen molar-refractivity contribution in [2.24, 2.45) is 0 Å². The summed E-state index contributed by atoms with van der Waals surface area (Å²) in [5.74, 6) is 0.196. The van der Waals surface area contributed by atoms with Crippen LogP contribution in [0.2, 0.25) is 0 Å². The summed E-state index contributed by atoms with van der Waals surface area (Å²) < 4.78 is 0. The molecule has 1 radical (unpaired) electrons. The maximum atomic E-state index is 11.4. The molecule has 2 saturated carbocycles. The molecule has 0 bridgehead atoms. The van der Waals surface area contributed by atoms with Gasteiger partial charge in [-0.2, -0.15) is 0 Å². The Morgan fingerprint density at radius 2 is 0.935 bits per heavy atom. The molecule has 0 spiro atoms. The van der Waals surface area contributed by atoms with Crippen LogP contribution >= 0.6 is 0 Å². The zero-order valence-electron chi connectivity index (χ0n) is 18.1. The molecule has 0 aromatic rings. The molecule has 2 N–H and O–H groups in total. The van der Waals surface area contributed by atoms with E-state index in [-0.39, 0.29) is 28.6 Å². The van der Waals surface area contributed by atoms with Gasteiger partial charge in [-0.3, -0.25) is 9.59 Å². The van der Waals surface area contributed by atoms with Crippen LogP contribution in [0.1, 0.15) is 64.2 Å². The smallest absolute Gasteiger partial charge is 0.388 e. The van der Waals surface area contributed by atoms with E-state index in [0.717, 1.165) is 11.1 Å². The third-order valence-electron chi connectivity index (χ3n) is 6.00. The molecule has 0 aliphatic heterocycles. The van der Waals surface area contributed by atoms with Gasteiger partial charge in [0.1, 0.15) is 0 Å². The fourth-order valence-electron chi connectivity index (χ4n) is 4.15. The van der Waals surface area contributed by atoms with Gasteiger partial charge in [0.2, 0.25) is 0 Å². The van der Waals surface area contributed by atoms with E-state index in [2.05, 4.69) is 10.6 Å². The molecule has 0 unspecified atom stereocenters. The minimum absolute atomic E-state index is 0. The summed E-state index contributed by atoms with van der Waals surface area (Å²) in [6.07, 6.45) is 30.9. The van der Waals surface area contributed by atoms with Gasteiger partial charge in [0.05, 0.1) is 0 Å².